The molecule has 3 atom stereocenters. The SMILES string of the molecule is O=C(NC12CC(C1)C2)O[C@@H]1CO[C@H](c2cc(Nc3nccn4nc(CC(F)(F)F)cc34)n[nH]2)[C@H]1F. The van der Waals surface area contributed by atoms with E-state index in [4.69, 9.17) is 9.47 Å². The van der Waals surface area contributed by atoms with Gasteiger partial charge < -0.3 is 20.1 Å². The number of aromatic amines is 1. The molecule has 186 valence electrons. The summed E-state index contributed by atoms with van der Waals surface area (Å²) in [6.45, 7) is -0.102. The van der Waals surface area contributed by atoms with Crippen LogP contribution in [0.15, 0.2) is 24.5 Å². The molecule has 3 N–H and O–H groups in total. The lowest BCUT2D eigenvalue weighted by molar-refractivity contribution is -0.127. The Hall–Kier alpha value is -3.42. The third-order valence-electron chi connectivity index (χ3n) is 6.72. The second-order valence-electron chi connectivity index (χ2n) is 9.39. The van der Waals surface area contributed by atoms with Gasteiger partial charge in [-0.3, -0.25) is 5.10 Å². The highest BCUT2D eigenvalue weighted by atomic mass is 19.4. The number of ether oxygens (including phenoxy) is 2. The van der Waals surface area contributed by atoms with E-state index >= 15 is 4.39 Å². The molecular formula is C21H21F4N7O3. The van der Waals surface area contributed by atoms with Crippen molar-refractivity contribution in [1.82, 2.24) is 30.1 Å². The Morgan fingerprint density at radius 1 is 1.31 bits per heavy atom. The average molecular weight is 495 g/mol. The minimum absolute atomic E-state index is 0.102. The normalized spacial score (nSPS) is 29.5. The van der Waals surface area contributed by atoms with Crippen molar-refractivity contribution in [2.75, 3.05) is 11.9 Å². The average Bonchev–Trinajstić information content (AvgIpc) is 3.42. The van der Waals surface area contributed by atoms with Crippen molar-refractivity contribution in [3.8, 4) is 0 Å². The van der Waals surface area contributed by atoms with Gasteiger partial charge in [0.25, 0.3) is 0 Å². The van der Waals surface area contributed by atoms with Gasteiger partial charge in [0.2, 0.25) is 0 Å². The van der Waals surface area contributed by atoms with Crippen LogP contribution in [0.3, 0.4) is 0 Å². The van der Waals surface area contributed by atoms with Gasteiger partial charge in [0.15, 0.2) is 23.9 Å². The van der Waals surface area contributed by atoms with Gasteiger partial charge in [0, 0.05) is 24.0 Å². The van der Waals surface area contributed by atoms with Crippen molar-refractivity contribution in [3.05, 3.63) is 35.9 Å². The molecule has 1 amide bonds. The number of carbonyl (C=O) groups excluding carboxylic acids is 1. The number of nitrogens with zero attached hydrogens (tertiary/aromatic N) is 4. The van der Waals surface area contributed by atoms with E-state index in [1.54, 1.807) is 0 Å². The first-order chi connectivity index (χ1) is 16.7. The van der Waals surface area contributed by atoms with Crippen LogP contribution in [-0.2, 0) is 15.9 Å². The number of anilines is 2. The molecule has 7 rings (SSSR count). The highest BCUT2D eigenvalue weighted by molar-refractivity contribution is 5.72. The van der Waals surface area contributed by atoms with Crippen LogP contribution in [0, 0.1) is 5.92 Å². The Morgan fingerprint density at radius 3 is 2.83 bits per heavy atom. The van der Waals surface area contributed by atoms with Gasteiger partial charge in [0.1, 0.15) is 11.6 Å². The van der Waals surface area contributed by atoms with E-state index in [-0.39, 0.29) is 29.5 Å². The van der Waals surface area contributed by atoms with Crippen LogP contribution >= 0.6 is 0 Å². The third-order valence-corrected chi connectivity index (χ3v) is 6.72. The molecule has 4 aliphatic rings. The summed E-state index contributed by atoms with van der Waals surface area (Å²) < 4.78 is 65.2. The predicted molar refractivity (Wildman–Crippen MR) is 112 cm³/mol. The second kappa shape index (κ2) is 7.80. The van der Waals surface area contributed by atoms with E-state index in [0.717, 1.165) is 19.3 Å². The van der Waals surface area contributed by atoms with Crippen LogP contribution in [0.4, 0.5) is 34.0 Å². The molecule has 1 saturated heterocycles. The molecule has 0 unspecified atom stereocenters. The minimum atomic E-state index is -4.39. The Balaban J connectivity index is 1.11. The van der Waals surface area contributed by atoms with Gasteiger partial charge in [-0.15, -0.1) is 0 Å². The molecule has 3 aromatic rings. The Kier molecular flexibility index (Phi) is 4.92. The molecule has 35 heavy (non-hydrogen) atoms. The van der Waals surface area contributed by atoms with E-state index in [9.17, 15) is 18.0 Å². The van der Waals surface area contributed by atoms with Gasteiger partial charge in [-0.2, -0.15) is 23.4 Å². The zero-order valence-electron chi connectivity index (χ0n) is 18.2. The maximum absolute atomic E-state index is 15.0. The first-order valence-electron chi connectivity index (χ1n) is 11.1. The number of amides is 1. The minimum Gasteiger partial charge on any atom is -0.441 e. The van der Waals surface area contributed by atoms with Crippen molar-refractivity contribution in [2.24, 2.45) is 5.92 Å². The number of aromatic nitrogens is 5. The highest BCUT2D eigenvalue weighted by Crippen LogP contribution is 2.57. The molecule has 1 aliphatic heterocycles. The number of halogens is 4. The van der Waals surface area contributed by atoms with Crippen LogP contribution in [0.5, 0.6) is 0 Å². The van der Waals surface area contributed by atoms with Crippen LogP contribution < -0.4 is 10.6 Å². The Morgan fingerprint density at radius 2 is 2.11 bits per heavy atom. The van der Waals surface area contributed by atoms with E-state index in [0.29, 0.717) is 17.1 Å². The number of hydrogen-bond acceptors (Lipinski definition) is 7. The van der Waals surface area contributed by atoms with Crippen LogP contribution in [-0.4, -0.2) is 61.5 Å². The van der Waals surface area contributed by atoms with E-state index in [2.05, 4.69) is 30.9 Å². The van der Waals surface area contributed by atoms with Crippen LogP contribution in [0.25, 0.3) is 5.52 Å². The summed E-state index contributed by atoms with van der Waals surface area (Å²) in [6, 6.07) is 2.79. The number of alkyl halides is 4. The summed E-state index contributed by atoms with van der Waals surface area (Å²) in [4.78, 5) is 16.3. The number of fused-ring (bicyclic) bond motifs is 1. The molecule has 4 heterocycles. The quantitative estimate of drug-likeness (QED) is 0.449. The number of H-pyrrole nitrogens is 1. The molecule has 10 nitrogen and oxygen atoms in total. The molecule has 3 saturated carbocycles. The summed E-state index contributed by atoms with van der Waals surface area (Å²) in [7, 11) is 0. The second-order valence-corrected chi connectivity index (χ2v) is 9.39. The first-order valence-corrected chi connectivity index (χ1v) is 11.1. The Bertz CT molecular complexity index is 1260. The number of nitrogens with one attached hydrogen (secondary N) is 3. The predicted octanol–water partition coefficient (Wildman–Crippen LogP) is 3.36. The molecular weight excluding hydrogens is 474 g/mol. The largest absolute Gasteiger partial charge is 0.441 e. The molecule has 3 aliphatic carbocycles. The summed E-state index contributed by atoms with van der Waals surface area (Å²) in [5.41, 5.74) is 0.306. The third kappa shape index (κ3) is 4.15. The molecule has 2 bridgehead atoms. The van der Waals surface area contributed by atoms with Crippen molar-refractivity contribution in [3.63, 3.8) is 0 Å². The molecule has 4 fully saturated rings. The van der Waals surface area contributed by atoms with Crippen molar-refractivity contribution >= 4 is 23.2 Å². The number of rotatable bonds is 6. The molecule has 14 heteroatoms. The van der Waals surface area contributed by atoms with Gasteiger partial charge in [-0.05, 0) is 31.2 Å². The standard InChI is InChI=1S/C21H21F4N7O3/c22-16-14(35-19(33)28-20-5-10(6-20)7-20)9-34-17(16)12-4-15(30-29-12)27-18-13-3-11(8-21(23,24)25)31-32(13)2-1-26-18/h1-4,10,14,16-17H,5-9H2,(H,28,33)(H2,26,27,29,30)/t10?,14-,16+,17-,20?/m1/s1. The van der Waals surface area contributed by atoms with Crippen molar-refractivity contribution in [2.45, 2.75) is 55.8 Å². The maximum Gasteiger partial charge on any atom is 0.408 e. The lowest BCUT2D eigenvalue weighted by Crippen LogP contribution is -2.68. The van der Waals surface area contributed by atoms with E-state index in [1.807, 2.05) is 0 Å². The smallest absolute Gasteiger partial charge is 0.408 e. The molecule has 0 aromatic carbocycles. The van der Waals surface area contributed by atoms with Crippen LogP contribution in [0.1, 0.15) is 36.8 Å². The molecule has 3 aromatic heterocycles. The fourth-order valence-electron chi connectivity index (χ4n) is 4.98. The summed E-state index contributed by atoms with van der Waals surface area (Å²) in [5, 5.41) is 16.4. The number of hydrogen-bond donors (Lipinski definition) is 3. The van der Waals surface area contributed by atoms with E-state index in [1.165, 1.54) is 29.0 Å². The molecule has 0 radical (unpaired) electrons. The fourth-order valence-corrected chi connectivity index (χ4v) is 4.98. The Labute approximate surface area is 195 Å². The van der Waals surface area contributed by atoms with Gasteiger partial charge >= 0.3 is 12.3 Å². The van der Waals surface area contributed by atoms with E-state index < -0.39 is 37.1 Å². The highest BCUT2D eigenvalue weighted by Gasteiger charge is 2.58. The summed E-state index contributed by atoms with van der Waals surface area (Å²) >= 11 is 0. The van der Waals surface area contributed by atoms with Gasteiger partial charge in [-0.1, -0.05) is 0 Å². The maximum atomic E-state index is 15.0. The first kappa shape index (κ1) is 22.1. The number of alkyl carbamates (subject to hydrolysis) is 1. The molecule has 0 spiro atoms. The van der Waals surface area contributed by atoms with Gasteiger partial charge in [-0.25, -0.2) is 18.7 Å². The van der Waals surface area contributed by atoms with Crippen molar-refractivity contribution in [1.29, 1.82) is 0 Å². The summed E-state index contributed by atoms with van der Waals surface area (Å²) in [5.74, 6) is 1.16. The van der Waals surface area contributed by atoms with Gasteiger partial charge in [0.05, 0.1) is 24.4 Å². The topological polar surface area (TPSA) is 118 Å². The zero-order chi connectivity index (χ0) is 24.4. The lowest BCUT2D eigenvalue weighted by Gasteiger charge is -2.61. The zero-order valence-corrected chi connectivity index (χ0v) is 18.2. The fraction of sp³-hybridized carbons (Fsp3) is 0.524. The monoisotopic (exact) mass is 495 g/mol. The number of carbonyl (C=O) groups is 1. The lowest BCUT2D eigenvalue weighted by atomic mass is 9.50. The van der Waals surface area contributed by atoms with Crippen molar-refractivity contribution < 1.29 is 31.8 Å². The summed E-state index contributed by atoms with van der Waals surface area (Å²) in [6.07, 6.45) is -4.24. The van der Waals surface area contributed by atoms with Crippen LogP contribution in [0.2, 0.25) is 0 Å².